The second kappa shape index (κ2) is 19.3. The van der Waals surface area contributed by atoms with Crippen molar-refractivity contribution in [2.45, 2.75) is 58.8 Å². The maximum atomic E-state index is 4.59. The summed E-state index contributed by atoms with van der Waals surface area (Å²) in [6, 6.07) is 55.7. The molecule has 9 rings (SSSR count). The molecule has 66 heavy (non-hydrogen) atoms. The number of allylic oxidation sites excluding steroid dienone is 13. The van der Waals surface area contributed by atoms with Crippen LogP contribution in [0.1, 0.15) is 74.8 Å². The molecule has 0 saturated heterocycles. The van der Waals surface area contributed by atoms with Gasteiger partial charge in [0, 0.05) is 16.8 Å². The Kier molecular flexibility index (Phi) is 12.8. The van der Waals surface area contributed by atoms with Crippen LogP contribution in [0.3, 0.4) is 0 Å². The van der Waals surface area contributed by atoms with Crippen LogP contribution in [0, 0.1) is 0 Å². The van der Waals surface area contributed by atoms with E-state index in [0.29, 0.717) is 0 Å². The average Bonchev–Trinajstić information content (AvgIpc) is 3.48. The number of fused-ring (bicyclic) bond motifs is 7. The average molecular weight is 854 g/mol. The normalized spacial score (nSPS) is 15.7. The van der Waals surface area contributed by atoms with Crippen LogP contribution in [-0.4, -0.2) is 0 Å². The van der Waals surface area contributed by atoms with Gasteiger partial charge in [-0.2, -0.15) is 0 Å². The molecule has 0 N–H and O–H groups in total. The first-order chi connectivity index (χ1) is 32.3. The van der Waals surface area contributed by atoms with Gasteiger partial charge in [0.15, 0.2) is 0 Å². The van der Waals surface area contributed by atoms with Crippen LogP contribution in [0.5, 0.6) is 0 Å². The van der Waals surface area contributed by atoms with Gasteiger partial charge in [0.05, 0.1) is 5.69 Å². The zero-order valence-corrected chi connectivity index (χ0v) is 38.9. The minimum atomic E-state index is -0.0197. The van der Waals surface area contributed by atoms with Crippen LogP contribution in [0.4, 0.5) is 11.4 Å². The van der Waals surface area contributed by atoms with E-state index in [1.165, 1.54) is 60.9 Å². The molecule has 7 aromatic carbocycles. The standard InChI is InChI=1S/C65H59N/c1-7-9-24-50-29-22-43-65(5,6)63-45-53(38-40-57(50)63)66(52(8-2)37-35-46(3)48-25-13-11-14-26-48)64-42-41-56(59-32-20-21-34-61(59)64)51-36-39-54-47(4)23-12-10-15-27-49-28-16-17-30-55(49)58-31-18-19-33-60(58)62(54)44-51/h8-21,23-26,28-42,44-45H,3-4,7,22,27,43H2,1-2,5-6H3/b15-10-,23-12-,24-9-,37-35-,52-8+. The van der Waals surface area contributed by atoms with Gasteiger partial charge < -0.3 is 4.90 Å². The quantitative estimate of drug-likeness (QED) is 0.131. The summed E-state index contributed by atoms with van der Waals surface area (Å²) in [6.07, 6.45) is 26.2. The molecule has 0 aliphatic heterocycles. The van der Waals surface area contributed by atoms with Gasteiger partial charge in [0.25, 0.3) is 0 Å². The van der Waals surface area contributed by atoms with E-state index in [1.54, 1.807) is 0 Å². The van der Waals surface area contributed by atoms with E-state index >= 15 is 0 Å². The highest BCUT2D eigenvalue weighted by Gasteiger charge is 2.28. The lowest BCUT2D eigenvalue weighted by molar-refractivity contribution is 0.487. The van der Waals surface area contributed by atoms with Crippen LogP contribution in [0.2, 0.25) is 0 Å². The lowest BCUT2D eigenvalue weighted by Gasteiger charge is -2.32. The third-order valence-corrected chi connectivity index (χ3v) is 13.3. The third kappa shape index (κ3) is 8.82. The minimum absolute atomic E-state index is 0.0197. The van der Waals surface area contributed by atoms with E-state index in [4.69, 9.17) is 0 Å². The fourth-order valence-corrected chi connectivity index (χ4v) is 9.77. The SMILES string of the molecule is C=C(/C=C\C(=C/C)N(c1ccc2c(c1)C(C)(C)CCC=C2/C=C\CC)c1ccc(-c2ccc3c(c2)-c2ccccc2-c2ccccc2C/C=C\C=C/C3=C)c2ccccc12)c1ccccc1. The van der Waals surface area contributed by atoms with Gasteiger partial charge in [-0.05, 0) is 152 Å². The number of nitrogens with zero attached hydrogens (tertiary/aromatic N) is 1. The van der Waals surface area contributed by atoms with Gasteiger partial charge >= 0.3 is 0 Å². The highest BCUT2D eigenvalue weighted by molar-refractivity contribution is 6.06. The first-order valence-electron chi connectivity index (χ1n) is 23.5. The van der Waals surface area contributed by atoms with E-state index in [1.807, 2.05) is 6.07 Å². The van der Waals surface area contributed by atoms with Crippen LogP contribution in [-0.2, 0) is 11.8 Å². The van der Waals surface area contributed by atoms with Crippen molar-refractivity contribution in [2.24, 2.45) is 0 Å². The molecule has 1 nitrogen and oxygen atoms in total. The van der Waals surface area contributed by atoms with Gasteiger partial charge in [-0.15, -0.1) is 0 Å². The molecule has 0 saturated carbocycles. The Balaban J connectivity index is 1.23. The van der Waals surface area contributed by atoms with Gasteiger partial charge in [0.2, 0.25) is 0 Å². The molecular formula is C65H59N. The molecule has 7 aromatic rings. The van der Waals surface area contributed by atoms with Crippen molar-refractivity contribution in [1.29, 1.82) is 0 Å². The van der Waals surface area contributed by atoms with Crippen molar-refractivity contribution in [3.8, 4) is 33.4 Å². The van der Waals surface area contributed by atoms with E-state index < -0.39 is 0 Å². The Morgan fingerprint density at radius 2 is 1.36 bits per heavy atom. The fourth-order valence-electron chi connectivity index (χ4n) is 9.77. The Labute approximate surface area is 393 Å². The van der Waals surface area contributed by atoms with Crippen molar-refractivity contribution < 1.29 is 0 Å². The molecule has 0 aromatic heterocycles. The van der Waals surface area contributed by atoms with Crippen molar-refractivity contribution in [2.75, 3.05) is 4.90 Å². The summed E-state index contributed by atoms with van der Waals surface area (Å²) in [7, 11) is 0. The molecule has 2 aliphatic rings. The molecule has 0 spiro atoms. The van der Waals surface area contributed by atoms with Gasteiger partial charge in [0.1, 0.15) is 0 Å². The summed E-state index contributed by atoms with van der Waals surface area (Å²) in [4.78, 5) is 2.45. The molecule has 0 heterocycles. The minimum Gasteiger partial charge on any atom is -0.310 e. The zero-order chi connectivity index (χ0) is 45.6. The lowest BCUT2D eigenvalue weighted by atomic mass is 9.78. The van der Waals surface area contributed by atoms with Crippen LogP contribution < -0.4 is 4.90 Å². The topological polar surface area (TPSA) is 3.24 Å². The van der Waals surface area contributed by atoms with E-state index in [9.17, 15) is 0 Å². The van der Waals surface area contributed by atoms with Crippen LogP contribution in [0.15, 0.2) is 231 Å². The monoisotopic (exact) mass is 853 g/mol. The molecule has 1 heteroatoms. The summed E-state index contributed by atoms with van der Waals surface area (Å²) >= 11 is 0. The highest BCUT2D eigenvalue weighted by atomic mass is 15.1. The van der Waals surface area contributed by atoms with Crippen LogP contribution >= 0.6 is 0 Å². The Hall–Kier alpha value is -7.48. The molecule has 0 radical (unpaired) electrons. The summed E-state index contributed by atoms with van der Waals surface area (Å²) in [5, 5.41) is 2.36. The van der Waals surface area contributed by atoms with Crippen LogP contribution in [0.25, 0.3) is 60.9 Å². The maximum absolute atomic E-state index is 4.59. The number of anilines is 2. The smallest absolute Gasteiger partial charge is 0.0540 e. The molecular weight excluding hydrogens is 795 g/mol. The van der Waals surface area contributed by atoms with Gasteiger partial charge in [-0.1, -0.05) is 216 Å². The van der Waals surface area contributed by atoms with Crippen molar-refractivity contribution in [3.63, 3.8) is 0 Å². The Morgan fingerprint density at radius 3 is 2.15 bits per heavy atom. The zero-order valence-electron chi connectivity index (χ0n) is 38.9. The first kappa shape index (κ1) is 43.8. The first-order valence-corrected chi connectivity index (χ1v) is 23.5. The molecule has 324 valence electrons. The molecule has 0 fully saturated rings. The predicted octanol–water partition coefficient (Wildman–Crippen LogP) is 18.3. The fraction of sp³-hybridized carbons (Fsp3) is 0.138. The second-order valence-corrected chi connectivity index (χ2v) is 18.1. The summed E-state index contributed by atoms with van der Waals surface area (Å²) < 4.78 is 0. The summed E-state index contributed by atoms with van der Waals surface area (Å²) in [5.41, 5.74) is 20.0. The Morgan fingerprint density at radius 1 is 0.667 bits per heavy atom. The molecule has 2 aliphatic carbocycles. The third-order valence-electron chi connectivity index (χ3n) is 13.3. The van der Waals surface area contributed by atoms with Crippen molar-refractivity contribution >= 4 is 38.9 Å². The van der Waals surface area contributed by atoms with Crippen molar-refractivity contribution in [3.05, 3.63) is 259 Å². The van der Waals surface area contributed by atoms with Gasteiger partial charge in [-0.3, -0.25) is 0 Å². The maximum Gasteiger partial charge on any atom is 0.0540 e. The lowest BCUT2D eigenvalue weighted by Crippen LogP contribution is -2.20. The molecule has 0 unspecified atom stereocenters. The largest absolute Gasteiger partial charge is 0.310 e. The van der Waals surface area contributed by atoms with E-state index in [2.05, 4.69) is 252 Å². The van der Waals surface area contributed by atoms with E-state index in [0.717, 1.165) is 70.6 Å². The van der Waals surface area contributed by atoms with Gasteiger partial charge in [-0.25, -0.2) is 0 Å². The summed E-state index contributed by atoms with van der Waals surface area (Å²) in [6.45, 7) is 18.2. The predicted molar refractivity (Wildman–Crippen MR) is 288 cm³/mol. The second-order valence-electron chi connectivity index (χ2n) is 18.1. The Bertz CT molecular complexity index is 3160. The number of rotatable bonds is 9. The summed E-state index contributed by atoms with van der Waals surface area (Å²) in [5.74, 6) is 0. The van der Waals surface area contributed by atoms with E-state index in [-0.39, 0.29) is 5.41 Å². The number of hydrogen-bond acceptors (Lipinski definition) is 1. The highest BCUT2D eigenvalue weighted by Crippen LogP contribution is 2.46. The van der Waals surface area contributed by atoms with Crippen molar-refractivity contribution in [1.82, 2.24) is 0 Å². The molecule has 0 amide bonds. The number of hydrogen-bond donors (Lipinski definition) is 0. The molecule has 0 bridgehead atoms. The molecule has 0 atom stereocenters. The number of benzene rings is 7.